The summed E-state index contributed by atoms with van der Waals surface area (Å²) in [6.45, 7) is 7.40. The summed E-state index contributed by atoms with van der Waals surface area (Å²) in [5, 5.41) is 13.2. The molecule has 2 N–H and O–H groups in total. The maximum absolute atomic E-state index is 12.2. The van der Waals surface area contributed by atoms with E-state index in [2.05, 4.69) is 5.32 Å². The Bertz CT molecular complexity index is 656. The third kappa shape index (κ3) is 3.34. The maximum Gasteiger partial charge on any atom is 0.251 e. The summed E-state index contributed by atoms with van der Waals surface area (Å²) in [6, 6.07) is 9.11. The molecule has 21 heavy (non-hydrogen) atoms. The van der Waals surface area contributed by atoms with Gasteiger partial charge in [0.05, 0.1) is 6.54 Å². The summed E-state index contributed by atoms with van der Waals surface area (Å²) in [4.78, 5) is 12.2. The molecular weight excluding hydrogens is 266 g/mol. The Morgan fingerprint density at radius 1 is 1.24 bits per heavy atom. The fourth-order valence-electron chi connectivity index (χ4n) is 2.16. The van der Waals surface area contributed by atoms with Crippen LogP contribution < -0.4 is 5.32 Å². The van der Waals surface area contributed by atoms with Crippen LogP contribution in [0.4, 0.5) is 0 Å². The highest BCUT2D eigenvalue weighted by Gasteiger charge is 2.27. The van der Waals surface area contributed by atoms with E-state index in [-0.39, 0.29) is 12.5 Å². The number of nitrogens with one attached hydrogen (secondary N) is 1. The number of carbonyl (C=O) groups excluding carboxylic acids is 1. The molecule has 0 aliphatic rings. The van der Waals surface area contributed by atoms with Crippen LogP contribution >= 0.6 is 0 Å². The molecule has 1 amide bonds. The Hall–Kier alpha value is -2.07. The van der Waals surface area contributed by atoms with E-state index in [1.807, 2.05) is 32.9 Å². The molecule has 1 aromatic carbocycles. The summed E-state index contributed by atoms with van der Waals surface area (Å²) in [5.74, 6) is 0.979. The Balaban J connectivity index is 2.09. The number of benzene rings is 1. The van der Waals surface area contributed by atoms with Gasteiger partial charge < -0.3 is 14.8 Å². The molecule has 0 aliphatic carbocycles. The highest BCUT2D eigenvalue weighted by Crippen LogP contribution is 2.22. The van der Waals surface area contributed by atoms with Crippen molar-refractivity contribution in [3.05, 3.63) is 58.5 Å². The molecule has 2 aromatic rings. The molecule has 0 aliphatic heterocycles. The molecule has 1 atom stereocenters. The largest absolute Gasteiger partial charge is 0.463 e. The Morgan fingerprint density at radius 3 is 2.57 bits per heavy atom. The lowest BCUT2D eigenvalue weighted by Crippen LogP contribution is -2.38. The predicted molar refractivity (Wildman–Crippen MR) is 81.3 cm³/mol. The van der Waals surface area contributed by atoms with Gasteiger partial charge in [0.25, 0.3) is 5.91 Å². The second kappa shape index (κ2) is 5.74. The molecule has 1 aromatic heterocycles. The van der Waals surface area contributed by atoms with Crippen molar-refractivity contribution in [2.24, 2.45) is 0 Å². The molecule has 1 unspecified atom stereocenters. The van der Waals surface area contributed by atoms with Gasteiger partial charge in [-0.3, -0.25) is 4.79 Å². The van der Waals surface area contributed by atoms with Gasteiger partial charge in [-0.15, -0.1) is 0 Å². The molecular formula is C17H21NO3. The lowest BCUT2D eigenvalue weighted by atomic mass is 10.0. The number of rotatable bonds is 4. The zero-order chi connectivity index (χ0) is 15.6. The second-order valence-corrected chi connectivity index (χ2v) is 5.61. The quantitative estimate of drug-likeness (QED) is 0.909. The number of aryl methyl sites for hydroxylation is 2. The minimum Gasteiger partial charge on any atom is -0.463 e. The van der Waals surface area contributed by atoms with Crippen LogP contribution in [0.25, 0.3) is 0 Å². The van der Waals surface area contributed by atoms with E-state index in [1.165, 1.54) is 0 Å². The molecule has 1 heterocycles. The molecule has 0 fully saturated rings. The molecule has 0 saturated carbocycles. The van der Waals surface area contributed by atoms with Gasteiger partial charge in [0.15, 0.2) is 0 Å². The number of furan rings is 1. The minimum absolute atomic E-state index is 0.0895. The van der Waals surface area contributed by atoms with Gasteiger partial charge in [-0.25, -0.2) is 0 Å². The van der Waals surface area contributed by atoms with Gasteiger partial charge >= 0.3 is 0 Å². The Labute approximate surface area is 124 Å². The molecule has 0 bridgehead atoms. The van der Waals surface area contributed by atoms with E-state index in [0.717, 1.165) is 16.9 Å². The van der Waals surface area contributed by atoms with Gasteiger partial charge in [-0.05, 0) is 57.0 Å². The zero-order valence-electron chi connectivity index (χ0n) is 12.9. The van der Waals surface area contributed by atoms with Gasteiger partial charge in [-0.1, -0.05) is 12.1 Å². The van der Waals surface area contributed by atoms with Crippen molar-refractivity contribution in [1.29, 1.82) is 0 Å². The predicted octanol–water partition coefficient (Wildman–Crippen LogP) is 2.84. The first-order valence-corrected chi connectivity index (χ1v) is 6.95. The van der Waals surface area contributed by atoms with E-state index in [0.29, 0.717) is 11.3 Å². The summed E-state index contributed by atoms with van der Waals surface area (Å²) >= 11 is 0. The van der Waals surface area contributed by atoms with Gasteiger partial charge in [0.1, 0.15) is 17.1 Å². The third-order valence-corrected chi connectivity index (χ3v) is 3.71. The first-order valence-electron chi connectivity index (χ1n) is 6.95. The lowest BCUT2D eigenvalue weighted by molar-refractivity contribution is 0.0323. The van der Waals surface area contributed by atoms with Gasteiger partial charge in [0.2, 0.25) is 0 Å². The second-order valence-electron chi connectivity index (χ2n) is 5.61. The standard InChI is InChI=1S/C17H21NO3/c1-11-6-5-7-14(13(11)3)16(19)18-10-17(4,20)15-9-8-12(2)21-15/h5-9,20H,10H2,1-4H3,(H,18,19). The molecule has 112 valence electrons. The van der Waals surface area contributed by atoms with Crippen molar-refractivity contribution in [3.63, 3.8) is 0 Å². The molecule has 0 saturated heterocycles. The Morgan fingerprint density at radius 2 is 1.95 bits per heavy atom. The smallest absolute Gasteiger partial charge is 0.251 e. The van der Waals surface area contributed by atoms with Gasteiger partial charge in [0, 0.05) is 5.56 Å². The molecule has 4 heteroatoms. The van der Waals surface area contributed by atoms with Crippen molar-refractivity contribution in [3.8, 4) is 0 Å². The van der Waals surface area contributed by atoms with Crippen LogP contribution in [0, 0.1) is 20.8 Å². The van der Waals surface area contributed by atoms with E-state index in [9.17, 15) is 9.90 Å². The number of amides is 1. The van der Waals surface area contributed by atoms with Crippen molar-refractivity contribution in [2.45, 2.75) is 33.3 Å². The molecule has 4 nitrogen and oxygen atoms in total. The average Bonchev–Trinajstić information content (AvgIpc) is 2.87. The van der Waals surface area contributed by atoms with Crippen LogP contribution in [0.3, 0.4) is 0 Å². The van der Waals surface area contributed by atoms with E-state index < -0.39 is 5.60 Å². The van der Waals surface area contributed by atoms with Crippen molar-refractivity contribution in [2.75, 3.05) is 6.54 Å². The molecule has 0 spiro atoms. The Kier molecular flexibility index (Phi) is 4.19. The summed E-state index contributed by atoms with van der Waals surface area (Å²) in [6.07, 6.45) is 0. The summed E-state index contributed by atoms with van der Waals surface area (Å²) in [7, 11) is 0. The SMILES string of the molecule is Cc1ccc(C(C)(O)CNC(=O)c2cccc(C)c2C)o1. The summed E-state index contributed by atoms with van der Waals surface area (Å²) < 4.78 is 5.43. The van der Waals surface area contributed by atoms with E-state index >= 15 is 0 Å². The monoisotopic (exact) mass is 287 g/mol. The fraction of sp³-hybridized carbons (Fsp3) is 0.353. The van der Waals surface area contributed by atoms with Crippen LogP contribution in [0.15, 0.2) is 34.7 Å². The fourth-order valence-corrected chi connectivity index (χ4v) is 2.16. The maximum atomic E-state index is 12.2. The van der Waals surface area contributed by atoms with Crippen LogP contribution in [0.1, 0.15) is 39.9 Å². The van der Waals surface area contributed by atoms with Crippen LogP contribution in [0.2, 0.25) is 0 Å². The van der Waals surface area contributed by atoms with E-state index in [1.54, 1.807) is 25.1 Å². The average molecular weight is 287 g/mol. The minimum atomic E-state index is -1.23. The van der Waals surface area contributed by atoms with Crippen LogP contribution in [0.5, 0.6) is 0 Å². The van der Waals surface area contributed by atoms with Crippen molar-refractivity contribution < 1.29 is 14.3 Å². The van der Waals surface area contributed by atoms with E-state index in [4.69, 9.17) is 4.42 Å². The first-order chi connectivity index (χ1) is 9.81. The normalized spacial score (nSPS) is 13.8. The van der Waals surface area contributed by atoms with Crippen LogP contribution in [-0.2, 0) is 5.60 Å². The molecule has 2 rings (SSSR count). The number of carbonyl (C=O) groups is 1. The highest BCUT2D eigenvalue weighted by atomic mass is 16.4. The first kappa shape index (κ1) is 15.3. The van der Waals surface area contributed by atoms with Gasteiger partial charge in [-0.2, -0.15) is 0 Å². The third-order valence-electron chi connectivity index (χ3n) is 3.71. The number of hydrogen-bond donors (Lipinski definition) is 2. The van der Waals surface area contributed by atoms with Crippen LogP contribution in [-0.4, -0.2) is 17.6 Å². The van der Waals surface area contributed by atoms with Crippen molar-refractivity contribution in [1.82, 2.24) is 5.32 Å². The zero-order valence-corrected chi connectivity index (χ0v) is 12.9. The highest BCUT2D eigenvalue weighted by molar-refractivity contribution is 5.95. The lowest BCUT2D eigenvalue weighted by Gasteiger charge is -2.21. The molecule has 0 radical (unpaired) electrons. The summed E-state index contributed by atoms with van der Waals surface area (Å²) in [5.41, 5.74) is 1.41. The number of aliphatic hydroxyl groups is 1. The van der Waals surface area contributed by atoms with Crippen molar-refractivity contribution >= 4 is 5.91 Å². The number of hydrogen-bond acceptors (Lipinski definition) is 3. The topological polar surface area (TPSA) is 62.5 Å².